The third-order valence-electron chi connectivity index (χ3n) is 2.19. The molecule has 0 saturated heterocycles. The summed E-state index contributed by atoms with van der Waals surface area (Å²) in [6.07, 6.45) is 1.48. The fourth-order valence-electron chi connectivity index (χ4n) is 1.49. The number of nitrogens with two attached hydrogens (primary N) is 1. The van der Waals surface area contributed by atoms with Crippen molar-refractivity contribution in [1.82, 2.24) is 19.6 Å². The van der Waals surface area contributed by atoms with Gasteiger partial charge >= 0.3 is 0 Å². The van der Waals surface area contributed by atoms with E-state index >= 15 is 0 Å². The molecule has 0 radical (unpaired) electrons. The van der Waals surface area contributed by atoms with Crippen LogP contribution in [-0.4, -0.2) is 45.9 Å². The molecule has 0 aromatic carbocycles. The topological polar surface area (TPSA) is 90.4 Å². The van der Waals surface area contributed by atoms with E-state index in [1.165, 1.54) is 6.33 Å². The van der Waals surface area contributed by atoms with Crippen molar-refractivity contribution in [3.8, 4) is 0 Å². The maximum atomic E-state index is 5.33. The molecule has 2 aromatic heterocycles. The molecule has 0 unspecified atom stereocenters. The lowest BCUT2D eigenvalue weighted by Crippen LogP contribution is -2.16. The van der Waals surface area contributed by atoms with Crippen LogP contribution in [0.1, 0.15) is 5.69 Å². The summed E-state index contributed by atoms with van der Waals surface area (Å²) in [5.74, 6) is 1.46. The minimum absolute atomic E-state index is 0.543. The Morgan fingerprint density at radius 1 is 1.47 bits per heavy atom. The summed E-state index contributed by atoms with van der Waals surface area (Å²) in [4.78, 5) is 8.31. The van der Waals surface area contributed by atoms with Crippen LogP contribution in [0.3, 0.4) is 0 Å². The van der Waals surface area contributed by atoms with Crippen molar-refractivity contribution < 1.29 is 4.74 Å². The number of fused-ring (bicyclic) bond motifs is 1. The molecule has 0 aliphatic heterocycles. The molecule has 0 spiro atoms. The van der Waals surface area contributed by atoms with E-state index < -0.39 is 0 Å². The minimum atomic E-state index is 0.543. The van der Waals surface area contributed by atoms with Crippen molar-refractivity contribution in [1.29, 1.82) is 0 Å². The van der Waals surface area contributed by atoms with Crippen LogP contribution in [0.5, 0.6) is 0 Å². The molecule has 3 N–H and O–H groups in total. The fraction of sp³-hybridized carbons (Fsp3) is 0.500. The lowest BCUT2D eigenvalue weighted by Gasteiger charge is -2.08. The van der Waals surface area contributed by atoms with Crippen LogP contribution in [0.15, 0.2) is 12.4 Å². The van der Waals surface area contributed by atoms with Gasteiger partial charge in [0.15, 0.2) is 0 Å². The lowest BCUT2D eigenvalue weighted by atomic mass is 10.4. The van der Waals surface area contributed by atoms with Crippen molar-refractivity contribution in [3.63, 3.8) is 0 Å². The number of nitrogens with one attached hydrogen (secondary N) is 1. The van der Waals surface area contributed by atoms with E-state index in [0.717, 1.165) is 11.5 Å². The van der Waals surface area contributed by atoms with Crippen molar-refractivity contribution in [2.24, 2.45) is 5.73 Å². The van der Waals surface area contributed by atoms with Gasteiger partial charge in [-0.05, 0) is 6.92 Å². The van der Waals surface area contributed by atoms with Gasteiger partial charge in [-0.1, -0.05) is 0 Å². The van der Waals surface area contributed by atoms with Gasteiger partial charge in [-0.25, -0.2) is 4.98 Å². The first-order valence-electron chi connectivity index (χ1n) is 5.50. The molecule has 0 amide bonds. The molecule has 2 rings (SSSR count). The number of rotatable bonds is 6. The molecule has 0 fully saturated rings. The van der Waals surface area contributed by atoms with Crippen LogP contribution in [-0.2, 0) is 4.74 Å². The molecule has 2 aromatic rings. The molecule has 0 saturated carbocycles. The summed E-state index contributed by atoms with van der Waals surface area (Å²) < 4.78 is 6.94. The van der Waals surface area contributed by atoms with Crippen LogP contribution < -0.4 is 11.1 Å². The quantitative estimate of drug-likeness (QED) is 0.676. The summed E-state index contributed by atoms with van der Waals surface area (Å²) in [6, 6.07) is 1.92. The molecule has 7 heteroatoms. The highest BCUT2D eigenvalue weighted by atomic mass is 16.5. The smallest absolute Gasteiger partial charge is 0.254 e. The van der Waals surface area contributed by atoms with E-state index in [9.17, 15) is 0 Å². The fourth-order valence-corrected chi connectivity index (χ4v) is 1.49. The zero-order valence-corrected chi connectivity index (χ0v) is 9.76. The number of hydrogen-bond donors (Lipinski definition) is 2. The van der Waals surface area contributed by atoms with Gasteiger partial charge in [-0.2, -0.15) is 14.6 Å². The molecule has 17 heavy (non-hydrogen) atoms. The normalized spacial score (nSPS) is 10.9. The monoisotopic (exact) mass is 236 g/mol. The zero-order valence-electron chi connectivity index (χ0n) is 9.76. The van der Waals surface area contributed by atoms with Gasteiger partial charge in [0.1, 0.15) is 12.1 Å². The summed E-state index contributed by atoms with van der Waals surface area (Å²) in [5, 5.41) is 7.32. The number of anilines is 1. The van der Waals surface area contributed by atoms with Gasteiger partial charge in [-0.3, -0.25) is 0 Å². The van der Waals surface area contributed by atoms with E-state index in [1.54, 1.807) is 4.52 Å². The SMILES string of the molecule is Cc1cc(NCCOCCN)n2ncnc2n1. The summed E-state index contributed by atoms with van der Waals surface area (Å²) >= 11 is 0. The van der Waals surface area contributed by atoms with Crippen molar-refractivity contribution >= 4 is 11.6 Å². The Morgan fingerprint density at radius 3 is 3.18 bits per heavy atom. The second kappa shape index (κ2) is 5.55. The molecule has 0 atom stereocenters. The van der Waals surface area contributed by atoms with Crippen molar-refractivity contribution in [2.75, 3.05) is 31.6 Å². The van der Waals surface area contributed by atoms with Gasteiger partial charge < -0.3 is 15.8 Å². The first-order valence-corrected chi connectivity index (χ1v) is 5.50. The lowest BCUT2D eigenvalue weighted by molar-refractivity contribution is 0.151. The Hall–Kier alpha value is -1.73. The van der Waals surface area contributed by atoms with Crippen molar-refractivity contribution in [2.45, 2.75) is 6.92 Å². The third kappa shape index (κ3) is 2.89. The van der Waals surface area contributed by atoms with Gasteiger partial charge in [0.05, 0.1) is 13.2 Å². The summed E-state index contributed by atoms with van der Waals surface area (Å²) in [6.45, 7) is 4.34. The van der Waals surface area contributed by atoms with Crippen LogP contribution in [0.25, 0.3) is 5.78 Å². The molecule has 2 heterocycles. The number of nitrogens with zero attached hydrogens (tertiary/aromatic N) is 4. The Balaban J connectivity index is 2.00. The van der Waals surface area contributed by atoms with Crippen LogP contribution in [0.4, 0.5) is 5.82 Å². The number of ether oxygens (including phenoxy) is 1. The number of aryl methyl sites for hydroxylation is 1. The maximum absolute atomic E-state index is 5.33. The Labute approximate surface area is 99.0 Å². The van der Waals surface area contributed by atoms with E-state index in [2.05, 4.69) is 20.4 Å². The number of hydrogen-bond acceptors (Lipinski definition) is 6. The van der Waals surface area contributed by atoms with E-state index in [0.29, 0.717) is 32.1 Å². The Kier molecular flexibility index (Phi) is 3.84. The minimum Gasteiger partial charge on any atom is -0.378 e. The van der Waals surface area contributed by atoms with E-state index in [-0.39, 0.29) is 0 Å². The summed E-state index contributed by atoms with van der Waals surface area (Å²) in [7, 11) is 0. The van der Waals surface area contributed by atoms with Crippen LogP contribution in [0, 0.1) is 6.92 Å². The molecule has 7 nitrogen and oxygen atoms in total. The maximum Gasteiger partial charge on any atom is 0.254 e. The Morgan fingerprint density at radius 2 is 2.35 bits per heavy atom. The molecule has 92 valence electrons. The summed E-state index contributed by atoms with van der Waals surface area (Å²) in [5.41, 5.74) is 6.23. The van der Waals surface area contributed by atoms with Crippen LogP contribution >= 0.6 is 0 Å². The first kappa shape index (κ1) is 11.7. The molecule has 0 aliphatic carbocycles. The van der Waals surface area contributed by atoms with Crippen molar-refractivity contribution in [3.05, 3.63) is 18.1 Å². The molecular weight excluding hydrogens is 220 g/mol. The van der Waals surface area contributed by atoms with Crippen LogP contribution in [0.2, 0.25) is 0 Å². The zero-order chi connectivity index (χ0) is 12.1. The third-order valence-corrected chi connectivity index (χ3v) is 2.19. The second-order valence-corrected chi connectivity index (χ2v) is 3.58. The average Bonchev–Trinajstić information content (AvgIpc) is 2.76. The number of aromatic nitrogens is 4. The first-order chi connectivity index (χ1) is 8.31. The predicted molar refractivity (Wildman–Crippen MR) is 63.9 cm³/mol. The predicted octanol–water partition coefficient (Wildman–Crippen LogP) is -0.180. The van der Waals surface area contributed by atoms with Gasteiger partial charge in [-0.15, -0.1) is 0 Å². The Bertz CT molecular complexity index is 483. The van der Waals surface area contributed by atoms with E-state index in [1.807, 2.05) is 13.0 Å². The van der Waals surface area contributed by atoms with Gasteiger partial charge in [0.25, 0.3) is 5.78 Å². The highest BCUT2D eigenvalue weighted by Gasteiger charge is 2.04. The van der Waals surface area contributed by atoms with Gasteiger partial charge in [0, 0.05) is 24.8 Å². The van der Waals surface area contributed by atoms with Gasteiger partial charge in [0.2, 0.25) is 0 Å². The molecular formula is C10H16N6O. The highest BCUT2D eigenvalue weighted by molar-refractivity contribution is 5.44. The molecule has 0 bridgehead atoms. The highest BCUT2D eigenvalue weighted by Crippen LogP contribution is 2.09. The largest absolute Gasteiger partial charge is 0.378 e. The average molecular weight is 236 g/mol. The van der Waals surface area contributed by atoms with E-state index in [4.69, 9.17) is 10.5 Å². The molecule has 0 aliphatic rings. The standard InChI is InChI=1S/C10H16N6O/c1-8-6-9(12-3-5-17-4-2-11)16-10(15-8)13-7-14-16/h6-7,12H,2-5,11H2,1H3. The second-order valence-electron chi connectivity index (χ2n) is 3.58.